The molecule has 24 heavy (non-hydrogen) atoms. The average Bonchev–Trinajstić information content (AvgIpc) is 3.07. The summed E-state index contributed by atoms with van der Waals surface area (Å²) in [5.74, 6) is 0.231. The number of aryl methyl sites for hydroxylation is 2. The number of hydrogen-bond acceptors (Lipinski definition) is 3. The van der Waals surface area contributed by atoms with E-state index in [1.54, 1.807) is 7.11 Å². The van der Waals surface area contributed by atoms with Crippen molar-refractivity contribution in [2.75, 3.05) is 20.3 Å². The summed E-state index contributed by atoms with van der Waals surface area (Å²) in [6.07, 6.45) is 6.05. The fourth-order valence-electron chi connectivity index (χ4n) is 2.93. The van der Waals surface area contributed by atoms with Crippen LogP contribution in [0.2, 0.25) is 0 Å². The number of rotatable bonds is 6. The molecule has 0 amide bonds. The lowest BCUT2D eigenvalue weighted by molar-refractivity contribution is -0.697. The van der Waals surface area contributed by atoms with Crippen LogP contribution in [0.3, 0.4) is 0 Å². The Morgan fingerprint density at radius 1 is 1.04 bits per heavy atom. The Morgan fingerprint density at radius 2 is 1.67 bits per heavy atom. The van der Waals surface area contributed by atoms with E-state index in [0.717, 1.165) is 30.7 Å². The summed E-state index contributed by atoms with van der Waals surface area (Å²) in [6, 6.07) is 12.2. The minimum absolute atomic E-state index is 0. The van der Waals surface area contributed by atoms with Gasteiger partial charge in [0.1, 0.15) is 12.3 Å². The minimum atomic E-state index is -0.614. The van der Waals surface area contributed by atoms with E-state index in [1.807, 2.05) is 24.3 Å². The van der Waals surface area contributed by atoms with Crippen LogP contribution in [0.5, 0.6) is 5.75 Å². The van der Waals surface area contributed by atoms with Gasteiger partial charge in [-0.25, -0.2) is 4.57 Å². The van der Waals surface area contributed by atoms with Gasteiger partial charge < -0.3 is 26.6 Å². The molecule has 1 fully saturated rings. The lowest BCUT2D eigenvalue weighted by Crippen LogP contribution is -3.00. The number of halogens is 1. The molecule has 2 heterocycles. The molecular weight excluding hydrogens is 326 g/mol. The normalized spacial score (nSPS) is 15.8. The van der Waals surface area contributed by atoms with Crippen LogP contribution in [-0.4, -0.2) is 20.3 Å². The second kappa shape index (κ2) is 8.47. The van der Waals surface area contributed by atoms with Gasteiger partial charge in [0.2, 0.25) is 0 Å². The average molecular weight is 350 g/mol. The van der Waals surface area contributed by atoms with Gasteiger partial charge in [-0.3, -0.25) is 0 Å². The first-order valence-corrected chi connectivity index (χ1v) is 8.10. The van der Waals surface area contributed by atoms with Gasteiger partial charge >= 0.3 is 0 Å². The Balaban J connectivity index is 0.00000208. The van der Waals surface area contributed by atoms with Crippen molar-refractivity contribution in [1.82, 2.24) is 0 Å². The van der Waals surface area contributed by atoms with Gasteiger partial charge in [0.25, 0.3) is 0 Å². The Kier molecular flexibility index (Phi) is 6.60. The Hall–Kier alpha value is -1.62. The molecule has 1 aromatic heterocycles. The molecule has 1 aromatic carbocycles. The highest BCUT2D eigenvalue weighted by Crippen LogP contribution is 2.36. The fraction of sp³-hybridized carbons (Fsp3) is 0.421. The molecule has 0 aliphatic carbocycles. The van der Waals surface area contributed by atoms with Crippen LogP contribution in [0.4, 0.5) is 0 Å². The van der Waals surface area contributed by atoms with Crippen molar-refractivity contribution >= 4 is 0 Å². The molecule has 3 rings (SSSR count). The van der Waals surface area contributed by atoms with E-state index in [9.17, 15) is 0 Å². The number of aromatic nitrogens is 1. The first-order chi connectivity index (χ1) is 11.2. The molecule has 0 unspecified atom stereocenters. The van der Waals surface area contributed by atoms with Crippen molar-refractivity contribution in [2.45, 2.75) is 32.1 Å². The molecule has 2 aromatic rings. The van der Waals surface area contributed by atoms with Gasteiger partial charge in [0, 0.05) is 30.5 Å². The highest BCUT2D eigenvalue weighted by atomic mass is 35.5. The monoisotopic (exact) mass is 349 g/mol. The first kappa shape index (κ1) is 18.7. The predicted molar refractivity (Wildman–Crippen MR) is 87.2 cm³/mol. The number of nitrogens with zero attached hydrogens (tertiary/aromatic N) is 1. The second-order valence-electron chi connectivity index (χ2n) is 5.90. The van der Waals surface area contributed by atoms with Crippen molar-refractivity contribution in [3.63, 3.8) is 0 Å². The van der Waals surface area contributed by atoms with Gasteiger partial charge in [-0.15, -0.1) is 0 Å². The van der Waals surface area contributed by atoms with Crippen LogP contribution in [0, 0.1) is 6.92 Å². The molecule has 0 saturated carbocycles. The van der Waals surface area contributed by atoms with Crippen molar-refractivity contribution in [2.24, 2.45) is 0 Å². The maximum Gasteiger partial charge on any atom is 0.195 e. The Morgan fingerprint density at radius 3 is 2.25 bits per heavy atom. The van der Waals surface area contributed by atoms with Crippen LogP contribution in [0.15, 0.2) is 48.8 Å². The van der Waals surface area contributed by atoms with Gasteiger partial charge in [0.15, 0.2) is 18.2 Å². The highest BCUT2D eigenvalue weighted by molar-refractivity contribution is 5.30. The Labute approximate surface area is 149 Å². The first-order valence-electron chi connectivity index (χ1n) is 8.10. The van der Waals surface area contributed by atoms with Gasteiger partial charge in [-0.05, 0) is 36.8 Å². The van der Waals surface area contributed by atoms with Crippen LogP contribution in [0.25, 0.3) is 0 Å². The molecule has 0 radical (unpaired) electrons. The molecule has 130 valence electrons. The summed E-state index contributed by atoms with van der Waals surface area (Å²) in [5, 5.41) is 0. The topological polar surface area (TPSA) is 31.6 Å². The summed E-state index contributed by atoms with van der Waals surface area (Å²) in [7, 11) is 1.67. The number of methoxy groups -OCH3 is 1. The zero-order chi connectivity index (χ0) is 16.1. The van der Waals surface area contributed by atoms with E-state index >= 15 is 0 Å². The molecule has 4 nitrogen and oxygen atoms in total. The van der Waals surface area contributed by atoms with Crippen LogP contribution in [0.1, 0.15) is 24.0 Å². The maximum atomic E-state index is 5.98. The fourth-order valence-corrected chi connectivity index (χ4v) is 2.93. The van der Waals surface area contributed by atoms with Gasteiger partial charge in [-0.1, -0.05) is 0 Å². The maximum absolute atomic E-state index is 5.98. The molecule has 0 spiro atoms. The molecule has 0 atom stereocenters. The highest BCUT2D eigenvalue weighted by Gasteiger charge is 2.38. The third-order valence-corrected chi connectivity index (χ3v) is 4.26. The van der Waals surface area contributed by atoms with Crippen molar-refractivity contribution in [1.29, 1.82) is 0 Å². The third kappa shape index (κ3) is 4.26. The van der Waals surface area contributed by atoms with Gasteiger partial charge in [0.05, 0.1) is 20.3 Å². The molecule has 0 bridgehead atoms. The number of hydrogen-bond donors (Lipinski definition) is 0. The number of ether oxygens (including phenoxy) is 3. The number of benzene rings is 1. The van der Waals surface area contributed by atoms with Gasteiger partial charge in [-0.2, -0.15) is 0 Å². The largest absolute Gasteiger partial charge is 1.00 e. The van der Waals surface area contributed by atoms with Crippen molar-refractivity contribution < 1.29 is 31.2 Å². The lowest BCUT2D eigenvalue weighted by Gasteiger charge is -2.27. The molecule has 1 aliphatic heterocycles. The Bertz CT molecular complexity index is 622. The molecule has 5 heteroatoms. The molecule has 0 N–H and O–H groups in total. The third-order valence-electron chi connectivity index (χ3n) is 4.26. The summed E-state index contributed by atoms with van der Waals surface area (Å²) in [4.78, 5) is 0. The zero-order valence-corrected chi connectivity index (χ0v) is 15.0. The second-order valence-corrected chi connectivity index (χ2v) is 5.90. The van der Waals surface area contributed by atoms with Crippen LogP contribution in [-0.2, 0) is 21.8 Å². The molecular formula is C19H24ClNO3. The number of pyridine rings is 1. The van der Waals surface area contributed by atoms with E-state index in [1.165, 1.54) is 5.56 Å². The quantitative estimate of drug-likeness (QED) is 0.687. The summed E-state index contributed by atoms with van der Waals surface area (Å²) >= 11 is 0. The van der Waals surface area contributed by atoms with Crippen molar-refractivity contribution in [3.05, 3.63) is 59.9 Å². The smallest absolute Gasteiger partial charge is 0.195 e. The van der Waals surface area contributed by atoms with Crippen molar-refractivity contribution in [3.8, 4) is 5.75 Å². The standard InChI is InChI=1S/C19H24NO3.ClH/c1-16-8-12-20(13-9-16)11-3-10-19(22-14-15-23-19)17-4-6-18(21-2)7-5-17;/h4-9,12-13H,3,10-11,14-15H2,1-2H3;1H/q+1;/p-1. The van der Waals surface area contributed by atoms with E-state index in [2.05, 4.69) is 36.0 Å². The summed E-state index contributed by atoms with van der Waals surface area (Å²) in [6.45, 7) is 4.33. The zero-order valence-electron chi connectivity index (χ0n) is 14.2. The predicted octanol–water partition coefficient (Wildman–Crippen LogP) is -0.0249. The van der Waals surface area contributed by atoms with E-state index in [4.69, 9.17) is 14.2 Å². The molecule has 1 saturated heterocycles. The summed E-state index contributed by atoms with van der Waals surface area (Å²) in [5.41, 5.74) is 2.34. The van der Waals surface area contributed by atoms with Crippen LogP contribution < -0.4 is 21.7 Å². The van der Waals surface area contributed by atoms with E-state index in [0.29, 0.717) is 13.2 Å². The minimum Gasteiger partial charge on any atom is -1.00 e. The van der Waals surface area contributed by atoms with E-state index < -0.39 is 5.79 Å². The van der Waals surface area contributed by atoms with Crippen LogP contribution >= 0.6 is 0 Å². The van der Waals surface area contributed by atoms with E-state index in [-0.39, 0.29) is 12.4 Å². The molecule has 1 aliphatic rings. The summed E-state index contributed by atoms with van der Waals surface area (Å²) < 4.78 is 19.4. The SMILES string of the molecule is COc1ccc(C2(CCC[n+]3ccc(C)cc3)OCCO2)cc1.[Cl-]. The lowest BCUT2D eigenvalue weighted by atomic mass is 10.0.